The highest BCUT2D eigenvalue weighted by atomic mass is 16.3. The first kappa shape index (κ1) is 16.3. The first-order chi connectivity index (χ1) is 12.6. The van der Waals surface area contributed by atoms with Crippen LogP contribution in [-0.4, -0.2) is 5.78 Å². The Balaban J connectivity index is 1.82. The molecule has 0 aliphatic rings. The standard InChI is InChI=1S/C24H20O2/c1-16-7-11-18(12-8-16)15-21-20-5-3-4-6-22(20)26-24(21)23(25)19-13-9-17(2)10-14-19/h3-14H,15H2,1-2H3. The van der Waals surface area contributed by atoms with Crippen LogP contribution in [0.25, 0.3) is 11.0 Å². The quantitative estimate of drug-likeness (QED) is 0.435. The molecule has 0 saturated heterocycles. The van der Waals surface area contributed by atoms with E-state index >= 15 is 0 Å². The summed E-state index contributed by atoms with van der Waals surface area (Å²) in [5.41, 5.74) is 5.88. The van der Waals surface area contributed by atoms with E-state index in [1.165, 1.54) is 11.1 Å². The maximum absolute atomic E-state index is 13.1. The van der Waals surface area contributed by atoms with Crippen LogP contribution >= 0.6 is 0 Å². The van der Waals surface area contributed by atoms with Crippen molar-refractivity contribution >= 4 is 16.8 Å². The Kier molecular flexibility index (Phi) is 4.18. The van der Waals surface area contributed by atoms with Gasteiger partial charge in [0.1, 0.15) is 5.58 Å². The molecule has 0 aliphatic heterocycles. The fourth-order valence-electron chi connectivity index (χ4n) is 3.20. The number of fused-ring (bicyclic) bond motifs is 1. The highest BCUT2D eigenvalue weighted by Gasteiger charge is 2.21. The zero-order valence-corrected chi connectivity index (χ0v) is 15.0. The van der Waals surface area contributed by atoms with E-state index in [0.717, 1.165) is 22.1 Å². The minimum atomic E-state index is -0.0664. The van der Waals surface area contributed by atoms with Crippen LogP contribution in [0.2, 0.25) is 0 Å². The van der Waals surface area contributed by atoms with Crippen LogP contribution in [0.4, 0.5) is 0 Å². The van der Waals surface area contributed by atoms with E-state index in [0.29, 0.717) is 17.7 Å². The summed E-state index contributed by atoms with van der Waals surface area (Å²) in [7, 11) is 0. The van der Waals surface area contributed by atoms with Crippen molar-refractivity contribution in [3.63, 3.8) is 0 Å². The molecule has 128 valence electrons. The molecule has 0 bridgehead atoms. The second-order valence-corrected chi connectivity index (χ2v) is 6.76. The van der Waals surface area contributed by atoms with Gasteiger partial charge in [0.05, 0.1) is 0 Å². The zero-order chi connectivity index (χ0) is 18.1. The molecule has 4 aromatic rings. The number of benzene rings is 3. The third-order valence-corrected chi connectivity index (χ3v) is 4.72. The highest BCUT2D eigenvalue weighted by Crippen LogP contribution is 2.30. The van der Waals surface area contributed by atoms with Gasteiger partial charge in [-0.15, -0.1) is 0 Å². The van der Waals surface area contributed by atoms with E-state index in [4.69, 9.17) is 4.42 Å². The van der Waals surface area contributed by atoms with Crippen molar-refractivity contribution in [2.45, 2.75) is 20.3 Å². The topological polar surface area (TPSA) is 30.2 Å². The molecule has 0 unspecified atom stereocenters. The summed E-state index contributed by atoms with van der Waals surface area (Å²) in [6.45, 7) is 4.08. The fourth-order valence-corrected chi connectivity index (χ4v) is 3.20. The maximum Gasteiger partial charge on any atom is 0.228 e. The molecular weight excluding hydrogens is 320 g/mol. The van der Waals surface area contributed by atoms with Crippen molar-refractivity contribution in [2.75, 3.05) is 0 Å². The molecule has 0 N–H and O–H groups in total. The average Bonchev–Trinajstić information content (AvgIpc) is 3.02. The first-order valence-electron chi connectivity index (χ1n) is 8.79. The predicted octanol–water partition coefficient (Wildman–Crippen LogP) is 5.87. The summed E-state index contributed by atoms with van der Waals surface area (Å²) in [6.07, 6.45) is 0.671. The molecule has 1 aromatic heterocycles. The highest BCUT2D eigenvalue weighted by molar-refractivity contribution is 6.10. The van der Waals surface area contributed by atoms with Crippen LogP contribution in [0, 0.1) is 13.8 Å². The maximum atomic E-state index is 13.1. The summed E-state index contributed by atoms with van der Waals surface area (Å²) in [4.78, 5) is 13.1. The second kappa shape index (κ2) is 6.64. The Morgan fingerprint density at radius 2 is 1.42 bits per heavy atom. The number of furan rings is 1. The summed E-state index contributed by atoms with van der Waals surface area (Å²) in [5, 5.41) is 1.00. The normalized spacial score (nSPS) is 11.0. The zero-order valence-electron chi connectivity index (χ0n) is 15.0. The van der Waals surface area contributed by atoms with E-state index in [1.54, 1.807) is 0 Å². The average molecular weight is 340 g/mol. The Morgan fingerprint density at radius 3 is 2.12 bits per heavy atom. The fraction of sp³-hybridized carbons (Fsp3) is 0.125. The number of rotatable bonds is 4. The van der Waals surface area contributed by atoms with Gasteiger partial charge < -0.3 is 4.42 Å². The Morgan fingerprint density at radius 1 is 0.808 bits per heavy atom. The third kappa shape index (κ3) is 3.06. The minimum absolute atomic E-state index is 0.0664. The lowest BCUT2D eigenvalue weighted by Crippen LogP contribution is -2.04. The number of carbonyl (C=O) groups is 1. The summed E-state index contributed by atoms with van der Waals surface area (Å²) in [6, 6.07) is 23.9. The van der Waals surface area contributed by atoms with Gasteiger partial charge in [0.25, 0.3) is 0 Å². The molecule has 0 spiro atoms. The van der Waals surface area contributed by atoms with Gasteiger partial charge in [-0.3, -0.25) is 4.79 Å². The van der Waals surface area contributed by atoms with Crippen molar-refractivity contribution in [2.24, 2.45) is 0 Å². The van der Waals surface area contributed by atoms with Crippen LogP contribution in [0.5, 0.6) is 0 Å². The lowest BCUT2D eigenvalue weighted by molar-refractivity contribution is 0.101. The predicted molar refractivity (Wildman–Crippen MR) is 105 cm³/mol. The van der Waals surface area contributed by atoms with Crippen LogP contribution in [0.15, 0.2) is 77.2 Å². The summed E-state index contributed by atoms with van der Waals surface area (Å²) >= 11 is 0. The smallest absolute Gasteiger partial charge is 0.228 e. The number of hydrogen-bond acceptors (Lipinski definition) is 2. The van der Waals surface area contributed by atoms with Crippen molar-refractivity contribution in [1.29, 1.82) is 0 Å². The van der Waals surface area contributed by atoms with Crippen molar-refractivity contribution in [1.82, 2.24) is 0 Å². The number of ketones is 1. The molecule has 0 aliphatic carbocycles. The number of hydrogen-bond donors (Lipinski definition) is 0. The van der Waals surface area contributed by atoms with E-state index in [9.17, 15) is 4.79 Å². The van der Waals surface area contributed by atoms with Gasteiger partial charge in [0.15, 0.2) is 5.76 Å². The molecule has 2 heteroatoms. The van der Waals surface area contributed by atoms with E-state index in [1.807, 2.05) is 55.5 Å². The van der Waals surface area contributed by atoms with Gasteiger partial charge in [-0.1, -0.05) is 77.9 Å². The number of para-hydroxylation sites is 1. The minimum Gasteiger partial charge on any atom is -0.452 e. The molecule has 26 heavy (non-hydrogen) atoms. The van der Waals surface area contributed by atoms with Gasteiger partial charge in [-0.05, 0) is 25.5 Å². The molecule has 0 fully saturated rings. The lowest BCUT2D eigenvalue weighted by Gasteiger charge is -2.05. The van der Waals surface area contributed by atoms with Crippen LogP contribution in [-0.2, 0) is 6.42 Å². The molecule has 0 amide bonds. The second-order valence-electron chi connectivity index (χ2n) is 6.76. The first-order valence-corrected chi connectivity index (χ1v) is 8.79. The van der Waals surface area contributed by atoms with Crippen molar-refractivity contribution < 1.29 is 9.21 Å². The van der Waals surface area contributed by atoms with Gasteiger partial charge >= 0.3 is 0 Å². The molecule has 4 rings (SSSR count). The molecule has 3 aromatic carbocycles. The van der Waals surface area contributed by atoms with Gasteiger partial charge in [-0.2, -0.15) is 0 Å². The number of carbonyl (C=O) groups excluding carboxylic acids is 1. The van der Waals surface area contributed by atoms with Crippen molar-refractivity contribution in [3.8, 4) is 0 Å². The molecule has 0 atom stereocenters. The lowest BCUT2D eigenvalue weighted by atomic mass is 9.97. The largest absolute Gasteiger partial charge is 0.452 e. The van der Waals surface area contributed by atoms with Crippen LogP contribution < -0.4 is 0 Å². The van der Waals surface area contributed by atoms with Gasteiger partial charge in [0, 0.05) is 22.9 Å². The molecule has 0 radical (unpaired) electrons. The summed E-state index contributed by atoms with van der Waals surface area (Å²) < 4.78 is 5.99. The Hall–Kier alpha value is -3.13. The van der Waals surface area contributed by atoms with Crippen LogP contribution in [0.3, 0.4) is 0 Å². The summed E-state index contributed by atoms with van der Waals surface area (Å²) in [5.74, 6) is 0.374. The van der Waals surface area contributed by atoms with Gasteiger partial charge in [0.2, 0.25) is 5.78 Å². The Bertz CT molecular complexity index is 1070. The van der Waals surface area contributed by atoms with E-state index in [-0.39, 0.29) is 5.78 Å². The monoisotopic (exact) mass is 340 g/mol. The van der Waals surface area contributed by atoms with Crippen LogP contribution in [0.1, 0.15) is 38.4 Å². The van der Waals surface area contributed by atoms with Gasteiger partial charge in [-0.25, -0.2) is 0 Å². The van der Waals surface area contributed by atoms with E-state index in [2.05, 4.69) is 31.2 Å². The third-order valence-electron chi connectivity index (χ3n) is 4.72. The SMILES string of the molecule is Cc1ccc(Cc2c(C(=O)c3ccc(C)cc3)oc3ccccc23)cc1. The Labute approximate surface area is 153 Å². The number of aryl methyl sites for hydroxylation is 2. The molecule has 1 heterocycles. The van der Waals surface area contributed by atoms with E-state index < -0.39 is 0 Å². The molecule has 0 saturated carbocycles. The van der Waals surface area contributed by atoms with Crippen molar-refractivity contribution in [3.05, 3.63) is 106 Å². The molecular formula is C24H20O2. The molecule has 2 nitrogen and oxygen atoms in total.